The molecule has 1 aliphatic heterocycles. The van der Waals surface area contributed by atoms with Gasteiger partial charge in [-0.05, 0) is 53.3 Å². The number of methoxy groups -OCH3 is 1. The van der Waals surface area contributed by atoms with Gasteiger partial charge in [0.25, 0.3) is 0 Å². The molecule has 2 aromatic heterocycles. The Balaban J connectivity index is 1.49. The molecule has 31 heavy (non-hydrogen) atoms. The van der Waals surface area contributed by atoms with Crippen LogP contribution in [0, 0.1) is 0 Å². The van der Waals surface area contributed by atoms with E-state index < -0.39 is 0 Å². The van der Waals surface area contributed by atoms with Gasteiger partial charge in [0.1, 0.15) is 0 Å². The number of ether oxygens (including phenoxy) is 1. The van der Waals surface area contributed by atoms with Crippen molar-refractivity contribution >= 4 is 33.9 Å². The monoisotopic (exact) mass is 408 g/mol. The summed E-state index contributed by atoms with van der Waals surface area (Å²) < 4.78 is 7.26. The zero-order valence-corrected chi connectivity index (χ0v) is 17.5. The third-order valence-corrected chi connectivity index (χ3v) is 5.55. The fourth-order valence-electron chi connectivity index (χ4n) is 3.93. The summed E-state index contributed by atoms with van der Waals surface area (Å²) in [5, 5.41) is 6.01. The second kappa shape index (κ2) is 8.48. The lowest BCUT2D eigenvalue weighted by molar-refractivity contribution is 0.398. The fourth-order valence-corrected chi connectivity index (χ4v) is 3.93. The molecule has 2 aromatic carbocycles. The van der Waals surface area contributed by atoms with Crippen molar-refractivity contribution < 1.29 is 4.74 Å². The van der Waals surface area contributed by atoms with Gasteiger partial charge in [-0.15, -0.1) is 0 Å². The van der Waals surface area contributed by atoms with E-state index in [1.807, 2.05) is 24.5 Å². The van der Waals surface area contributed by atoms with E-state index in [2.05, 4.69) is 74.6 Å². The fraction of sp³-hybridized carbons (Fsp3) is 0.154. The van der Waals surface area contributed by atoms with Gasteiger partial charge in [0, 0.05) is 24.7 Å². The van der Waals surface area contributed by atoms with Gasteiger partial charge in [-0.1, -0.05) is 42.5 Å². The van der Waals surface area contributed by atoms with Crippen molar-refractivity contribution in [3.63, 3.8) is 0 Å². The minimum absolute atomic E-state index is 0.596. The summed E-state index contributed by atoms with van der Waals surface area (Å²) in [6.07, 6.45) is 13.1. The number of pyridine rings is 1. The highest BCUT2D eigenvalue weighted by Crippen LogP contribution is 2.29. The number of nitrogens with zero attached hydrogens (tertiary/aromatic N) is 3. The van der Waals surface area contributed by atoms with Crippen molar-refractivity contribution in [3.8, 4) is 5.88 Å². The van der Waals surface area contributed by atoms with Gasteiger partial charge >= 0.3 is 0 Å². The molecule has 4 aromatic rings. The van der Waals surface area contributed by atoms with Crippen LogP contribution in [-0.2, 0) is 0 Å². The molecule has 1 aliphatic rings. The topological polar surface area (TPSA) is 52.0 Å². The van der Waals surface area contributed by atoms with E-state index in [-0.39, 0.29) is 0 Å². The summed E-state index contributed by atoms with van der Waals surface area (Å²) in [4.78, 5) is 8.92. The summed E-state index contributed by atoms with van der Waals surface area (Å²) in [5.74, 6) is 1.48. The number of benzene rings is 2. The van der Waals surface area contributed by atoms with Crippen LogP contribution in [0.5, 0.6) is 5.88 Å². The Morgan fingerprint density at radius 1 is 1.00 bits per heavy atom. The maximum Gasteiger partial charge on any atom is 0.213 e. The lowest BCUT2D eigenvalue weighted by atomic mass is 9.98. The highest BCUT2D eigenvalue weighted by atomic mass is 16.5. The molecule has 154 valence electrons. The number of anilines is 1. The van der Waals surface area contributed by atoms with E-state index in [0.717, 1.165) is 36.5 Å². The number of hydrogen-bond donors (Lipinski definition) is 1. The molecular weight excluding hydrogens is 384 g/mol. The number of allylic oxidation sites excluding steroid dienone is 2. The Hall–Kier alpha value is -3.86. The Labute approximate surface area is 181 Å². The predicted octanol–water partition coefficient (Wildman–Crippen LogP) is 6.07. The van der Waals surface area contributed by atoms with Crippen LogP contribution >= 0.6 is 0 Å². The molecule has 1 N–H and O–H groups in total. The summed E-state index contributed by atoms with van der Waals surface area (Å²) in [7, 11) is 1.62. The van der Waals surface area contributed by atoms with Crippen molar-refractivity contribution in [2.75, 3.05) is 12.4 Å². The van der Waals surface area contributed by atoms with Crippen LogP contribution in [0.15, 0.2) is 79.3 Å². The first-order chi connectivity index (χ1) is 15.3. The summed E-state index contributed by atoms with van der Waals surface area (Å²) in [6.45, 7) is 0. The molecule has 5 rings (SSSR count). The lowest BCUT2D eigenvalue weighted by Gasteiger charge is -2.12. The predicted molar refractivity (Wildman–Crippen MR) is 127 cm³/mol. The molecule has 0 saturated carbocycles. The van der Waals surface area contributed by atoms with Crippen LogP contribution in [0.2, 0.25) is 0 Å². The molecule has 0 fully saturated rings. The van der Waals surface area contributed by atoms with Gasteiger partial charge in [0.05, 0.1) is 24.7 Å². The summed E-state index contributed by atoms with van der Waals surface area (Å²) in [5.41, 5.74) is 4.45. The van der Waals surface area contributed by atoms with Crippen LogP contribution in [-0.4, -0.2) is 21.6 Å². The van der Waals surface area contributed by atoms with Gasteiger partial charge in [0.2, 0.25) is 5.88 Å². The zero-order valence-electron chi connectivity index (χ0n) is 17.5. The maximum absolute atomic E-state index is 5.16. The van der Waals surface area contributed by atoms with Crippen molar-refractivity contribution in [3.05, 3.63) is 90.7 Å². The van der Waals surface area contributed by atoms with Crippen molar-refractivity contribution in [2.24, 2.45) is 0 Å². The standard InChI is InChI=1S/C26H24N4O/c1-31-25-13-12-23(17-28-25)29-24-9-5-4-8-22(18-30-15-14-27-26(24)30)21-11-10-19-6-2-3-7-20(19)16-21/h2-3,6-7,9-18,29H,4-5,8H2,1H3/b22-18+,24-9+. The van der Waals surface area contributed by atoms with Gasteiger partial charge in [-0.3, -0.25) is 0 Å². The molecule has 0 bridgehead atoms. The smallest absolute Gasteiger partial charge is 0.213 e. The highest BCUT2D eigenvalue weighted by molar-refractivity contribution is 5.88. The molecule has 0 saturated heterocycles. The largest absolute Gasteiger partial charge is 0.481 e. The molecule has 0 amide bonds. The van der Waals surface area contributed by atoms with E-state index in [1.54, 1.807) is 13.3 Å². The van der Waals surface area contributed by atoms with Gasteiger partial charge in [0.15, 0.2) is 5.82 Å². The first-order valence-corrected chi connectivity index (χ1v) is 10.5. The first kappa shape index (κ1) is 19.1. The first-order valence-electron chi connectivity index (χ1n) is 10.5. The average molecular weight is 409 g/mol. The van der Waals surface area contributed by atoms with E-state index in [9.17, 15) is 0 Å². The second-order valence-corrected chi connectivity index (χ2v) is 7.60. The molecule has 0 atom stereocenters. The normalized spacial score (nSPS) is 17.3. The third-order valence-electron chi connectivity index (χ3n) is 5.55. The Morgan fingerprint density at radius 2 is 1.90 bits per heavy atom. The van der Waals surface area contributed by atoms with Gasteiger partial charge < -0.3 is 14.6 Å². The average Bonchev–Trinajstić information content (AvgIpc) is 3.30. The minimum Gasteiger partial charge on any atom is -0.481 e. The van der Waals surface area contributed by atoms with Crippen LogP contribution in [0.1, 0.15) is 30.7 Å². The molecule has 5 nitrogen and oxygen atoms in total. The Bertz CT molecular complexity index is 1270. The molecule has 0 aliphatic carbocycles. The highest BCUT2D eigenvalue weighted by Gasteiger charge is 2.13. The number of nitrogens with one attached hydrogen (secondary N) is 1. The molecular formula is C26H24N4O. The summed E-state index contributed by atoms with van der Waals surface area (Å²) in [6, 6.07) is 19.0. The Morgan fingerprint density at radius 3 is 2.74 bits per heavy atom. The van der Waals surface area contributed by atoms with Gasteiger partial charge in [-0.25, -0.2) is 9.97 Å². The van der Waals surface area contributed by atoms with Crippen LogP contribution in [0.3, 0.4) is 0 Å². The zero-order chi connectivity index (χ0) is 21.0. The van der Waals surface area contributed by atoms with E-state index >= 15 is 0 Å². The van der Waals surface area contributed by atoms with Crippen LogP contribution < -0.4 is 10.1 Å². The third kappa shape index (κ3) is 4.08. The Kier molecular flexibility index (Phi) is 5.23. The van der Waals surface area contributed by atoms with E-state index in [0.29, 0.717) is 5.88 Å². The molecule has 3 heterocycles. The number of fused-ring (bicyclic) bond motifs is 2. The molecule has 0 unspecified atom stereocenters. The number of hydrogen-bond acceptors (Lipinski definition) is 4. The minimum atomic E-state index is 0.596. The number of aromatic nitrogens is 3. The quantitative estimate of drug-likeness (QED) is 0.445. The summed E-state index contributed by atoms with van der Waals surface area (Å²) >= 11 is 0. The lowest BCUT2D eigenvalue weighted by Crippen LogP contribution is -2.05. The van der Waals surface area contributed by atoms with E-state index in [4.69, 9.17) is 4.74 Å². The van der Waals surface area contributed by atoms with Crippen molar-refractivity contribution in [1.82, 2.24) is 14.5 Å². The molecule has 0 spiro atoms. The van der Waals surface area contributed by atoms with Crippen molar-refractivity contribution in [2.45, 2.75) is 19.3 Å². The van der Waals surface area contributed by atoms with E-state index in [1.165, 1.54) is 21.9 Å². The van der Waals surface area contributed by atoms with Crippen molar-refractivity contribution in [1.29, 1.82) is 0 Å². The van der Waals surface area contributed by atoms with Crippen LogP contribution in [0.4, 0.5) is 5.69 Å². The second-order valence-electron chi connectivity index (χ2n) is 7.60. The number of rotatable bonds is 4. The van der Waals surface area contributed by atoms with Gasteiger partial charge in [-0.2, -0.15) is 0 Å². The molecule has 5 heteroatoms. The SMILES string of the molecule is COc1ccc(N/C2=C/CCC/C(c3ccc4ccccc4c3)=C\n3ccnc32)cn1. The number of imidazole rings is 1. The molecule has 0 radical (unpaired) electrons. The maximum atomic E-state index is 5.16. The van der Waals surface area contributed by atoms with Crippen LogP contribution in [0.25, 0.3) is 28.2 Å².